The van der Waals surface area contributed by atoms with Gasteiger partial charge in [-0.2, -0.15) is 5.10 Å². The lowest BCUT2D eigenvalue weighted by Gasteiger charge is -2.29. The zero-order chi connectivity index (χ0) is 17.6. The molecule has 140 valence electrons. The van der Waals surface area contributed by atoms with Crippen molar-refractivity contribution in [2.45, 2.75) is 50.7 Å². The zero-order valence-corrected chi connectivity index (χ0v) is 14.9. The van der Waals surface area contributed by atoms with Gasteiger partial charge in [0.25, 0.3) is 0 Å². The molecule has 2 N–H and O–H groups in total. The molecule has 0 aromatic carbocycles. The number of hydrogen-bond donors (Lipinski definition) is 2. The van der Waals surface area contributed by atoms with Crippen molar-refractivity contribution in [1.29, 1.82) is 0 Å². The van der Waals surface area contributed by atoms with Crippen LogP contribution in [0.25, 0.3) is 0 Å². The number of aryl methyl sites for hydroxylation is 1. The summed E-state index contributed by atoms with van der Waals surface area (Å²) in [6.07, 6.45) is 8.13. The second-order valence-corrected chi connectivity index (χ2v) is 6.83. The number of ether oxygens (including phenoxy) is 1. The van der Waals surface area contributed by atoms with E-state index in [-0.39, 0.29) is 0 Å². The smallest absolute Gasteiger partial charge is 0.191 e. The first kappa shape index (κ1) is 17.1. The van der Waals surface area contributed by atoms with Crippen molar-refractivity contribution in [3.05, 3.63) is 36.3 Å². The lowest BCUT2D eigenvalue weighted by Crippen LogP contribution is -2.51. The molecule has 2 aromatic heterocycles. The fourth-order valence-electron chi connectivity index (χ4n) is 3.45. The van der Waals surface area contributed by atoms with Gasteiger partial charge in [0, 0.05) is 44.7 Å². The van der Waals surface area contributed by atoms with E-state index in [0.717, 1.165) is 69.4 Å². The number of hydrogen-bond acceptors (Lipinski definition) is 5. The van der Waals surface area contributed by atoms with Crippen LogP contribution in [-0.2, 0) is 24.1 Å². The molecular weight excluding hydrogens is 332 g/mol. The Morgan fingerprint density at radius 1 is 1.23 bits per heavy atom. The van der Waals surface area contributed by atoms with Crippen LogP contribution in [0.5, 0.6) is 0 Å². The minimum absolute atomic E-state index is 0.305. The van der Waals surface area contributed by atoms with Crippen molar-refractivity contribution in [3.63, 3.8) is 0 Å². The third kappa shape index (κ3) is 4.43. The van der Waals surface area contributed by atoms with E-state index in [4.69, 9.17) is 14.1 Å². The predicted octanol–water partition coefficient (Wildman–Crippen LogP) is 1.14. The number of nitrogens with one attached hydrogen (secondary N) is 2. The Morgan fingerprint density at radius 3 is 2.96 bits per heavy atom. The van der Waals surface area contributed by atoms with Crippen LogP contribution >= 0.6 is 0 Å². The summed E-state index contributed by atoms with van der Waals surface area (Å²) >= 11 is 0. The largest absolute Gasteiger partial charge is 0.469 e. The van der Waals surface area contributed by atoms with Crippen molar-refractivity contribution in [2.75, 3.05) is 19.8 Å². The first-order chi connectivity index (χ1) is 12.9. The molecule has 1 saturated heterocycles. The van der Waals surface area contributed by atoms with E-state index in [1.165, 1.54) is 0 Å². The Balaban J connectivity index is 1.37. The van der Waals surface area contributed by atoms with Crippen molar-refractivity contribution in [3.8, 4) is 0 Å². The highest BCUT2D eigenvalue weighted by atomic mass is 16.5. The minimum atomic E-state index is 0.305. The first-order valence-corrected chi connectivity index (χ1v) is 9.41. The van der Waals surface area contributed by atoms with E-state index in [1.54, 1.807) is 12.6 Å². The van der Waals surface area contributed by atoms with Gasteiger partial charge >= 0.3 is 0 Å². The maximum atomic E-state index is 5.46. The van der Waals surface area contributed by atoms with Gasteiger partial charge in [-0.05, 0) is 31.4 Å². The Kier molecular flexibility index (Phi) is 5.49. The average Bonchev–Trinajstić information content (AvgIpc) is 3.33. The monoisotopic (exact) mass is 358 g/mol. The Bertz CT molecular complexity index is 705. The van der Waals surface area contributed by atoms with Gasteiger partial charge in [0.05, 0.1) is 12.8 Å². The Hall–Kier alpha value is -2.35. The summed E-state index contributed by atoms with van der Waals surface area (Å²) < 4.78 is 12.8. The molecular formula is C18H26N6O2. The summed E-state index contributed by atoms with van der Waals surface area (Å²) in [4.78, 5) is 9.07. The molecule has 2 aliphatic rings. The molecule has 0 aliphatic carbocycles. The summed E-state index contributed by atoms with van der Waals surface area (Å²) in [6, 6.07) is 4.61. The van der Waals surface area contributed by atoms with Gasteiger partial charge in [-0.1, -0.05) is 0 Å². The first-order valence-electron chi connectivity index (χ1n) is 9.41. The highest BCUT2D eigenvalue weighted by molar-refractivity contribution is 5.80. The third-order valence-corrected chi connectivity index (χ3v) is 4.92. The molecule has 1 unspecified atom stereocenters. The summed E-state index contributed by atoms with van der Waals surface area (Å²) in [5.74, 6) is 2.90. The van der Waals surface area contributed by atoms with E-state index in [1.807, 2.05) is 16.8 Å². The van der Waals surface area contributed by atoms with Crippen LogP contribution < -0.4 is 10.6 Å². The normalized spacial score (nSPS) is 21.4. The number of furan rings is 1. The van der Waals surface area contributed by atoms with Crippen LogP contribution in [0.4, 0.5) is 0 Å². The van der Waals surface area contributed by atoms with Crippen LogP contribution in [-0.4, -0.2) is 52.6 Å². The molecule has 0 saturated carbocycles. The lowest BCUT2D eigenvalue weighted by molar-refractivity contribution is 0.0821. The van der Waals surface area contributed by atoms with Crippen LogP contribution in [0.2, 0.25) is 0 Å². The minimum Gasteiger partial charge on any atom is -0.469 e. The fraction of sp³-hybridized carbons (Fsp3) is 0.611. The fourth-order valence-corrected chi connectivity index (χ4v) is 3.45. The average molecular weight is 358 g/mol. The summed E-state index contributed by atoms with van der Waals surface area (Å²) in [5.41, 5.74) is 0. The van der Waals surface area contributed by atoms with E-state index < -0.39 is 0 Å². The number of fused-ring (bicyclic) bond motifs is 1. The van der Waals surface area contributed by atoms with Crippen molar-refractivity contribution in [2.24, 2.45) is 4.99 Å². The maximum absolute atomic E-state index is 5.46. The number of guanidine groups is 1. The van der Waals surface area contributed by atoms with Gasteiger partial charge in [0.1, 0.15) is 17.9 Å². The molecule has 26 heavy (non-hydrogen) atoms. The molecule has 2 aromatic rings. The summed E-state index contributed by atoms with van der Waals surface area (Å²) in [5, 5.41) is 11.5. The molecule has 4 rings (SSSR count). The molecule has 8 nitrogen and oxygen atoms in total. The molecule has 1 atom stereocenters. The number of nitrogens with zero attached hydrogens (tertiary/aromatic N) is 4. The third-order valence-electron chi connectivity index (χ3n) is 4.92. The Morgan fingerprint density at radius 2 is 2.12 bits per heavy atom. The summed E-state index contributed by atoms with van der Waals surface area (Å²) in [6.45, 7) is 3.13. The highest BCUT2D eigenvalue weighted by Gasteiger charge is 2.22. The van der Waals surface area contributed by atoms with Gasteiger partial charge in [-0.15, -0.1) is 0 Å². The zero-order valence-electron chi connectivity index (χ0n) is 14.9. The van der Waals surface area contributed by atoms with Gasteiger partial charge in [-0.3, -0.25) is 4.99 Å². The van der Waals surface area contributed by atoms with E-state index in [0.29, 0.717) is 18.6 Å². The molecule has 2 aliphatic heterocycles. The molecule has 4 heterocycles. The molecule has 0 bridgehead atoms. The van der Waals surface area contributed by atoms with Crippen LogP contribution in [0.3, 0.4) is 0 Å². The topological polar surface area (TPSA) is 89.5 Å². The van der Waals surface area contributed by atoms with Gasteiger partial charge in [0.15, 0.2) is 5.96 Å². The lowest BCUT2D eigenvalue weighted by atomic mass is 10.1. The highest BCUT2D eigenvalue weighted by Crippen LogP contribution is 2.12. The Labute approximate surface area is 153 Å². The quantitative estimate of drug-likeness (QED) is 0.615. The van der Waals surface area contributed by atoms with E-state index >= 15 is 0 Å². The standard InChI is InChI=1S/C18H26N6O2/c1-2-16(26-9-1)5-8-19-18(22-14-6-10-25-11-7-14)23-15-3-4-17-20-13-21-24(17)12-15/h1-2,9,13-15H,3-8,10-12H2,(H2,19,22,23). The molecule has 1 fully saturated rings. The van der Waals surface area contributed by atoms with Crippen LogP contribution in [0.1, 0.15) is 30.8 Å². The maximum Gasteiger partial charge on any atom is 0.191 e. The molecule has 0 spiro atoms. The molecule has 8 heteroatoms. The number of aliphatic imine (C=N–C) groups is 1. The van der Waals surface area contributed by atoms with Crippen molar-refractivity contribution in [1.82, 2.24) is 25.4 Å². The van der Waals surface area contributed by atoms with Crippen molar-refractivity contribution >= 4 is 5.96 Å². The van der Waals surface area contributed by atoms with Crippen molar-refractivity contribution < 1.29 is 9.15 Å². The second kappa shape index (κ2) is 8.35. The summed E-state index contributed by atoms with van der Waals surface area (Å²) in [7, 11) is 0. The van der Waals surface area contributed by atoms with E-state index in [9.17, 15) is 0 Å². The predicted molar refractivity (Wildman–Crippen MR) is 97.0 cm³/mol. The number of aromatic nitrogens is 3. The van der Waals surface area contributed by atoms with Gasteiger partial charge < -0.3 is 19.8 Å². The molecule has 0 amide bonds. The SMILES string of the molecule is c1coc(CCN=C(NC2CCOCC2)NC2CCc3ncnn3C2)c1. The second-order valence-electron chi connectivity index (χ2n) is 6.83. The van der Waals surface area contributed by atoms with Crippen LogP contribution in [0.15, 0.2) is 34.1 Å². The van der Waals surface area contributed by atoms with Crippen LogP contribution in [0, 0.1) is 0 Å². The van der Waals surface area contributed by atoms with E-state index in [2.05, 4.69) is 20.7 Å². The number of rotatable bonds is 5. The van der Waals surface area contributed by atoms with Gasteiger partial charge in [0.2, 0.25) is 0 Å². The van der Waals surface area contributed by atoms with Gasteiger partial charge in [-0.25, -0.2) is 9.67 Å². The molecule has 0 radical (unpaired) electrons.